The van der Waals surface area contributed by atoms with Crippen molar-refractivity contribution in [1.82, 2.24) is 9.88 Å². The van der Waals surface area contributed by atoms with E-state index in [9.17, 15) is 4.79 Å². The van der Waals surface area contributed by atoms with Crippen molar-refractivity contribution >= 4 is 11.6 Å². The number of hydrogen-bond acceptors (Lipinski definition) is 4. The predicted octanol–water partition coefficient (Wildman–Crippen LogP) is 1.39. The number of nitrogens with zero attached hydrogens (tertiary/aromatic N) is 3. The van der Waals surface area contributed by atoms with Crippen LogP contribution in [0.1, 0.15) is 13.8 Å². The normalized spacial score (nSPS) is 15.8. The van der Waals surface area contributed by atoms with Crippen LogP contribution in [-0.2, 0) is 4.79 Å². The second-order valence-corrected chi connectivity index (χ2v) is 5.00. The molecule has 0 N–H and O–H groups in total. The highest BCUT2D eigenvalue weighted by atomic mass is 16.5. The van der Waals surface area contributed by atoms with E-state index in [1.54, 1.807) is 13.3 Å². The van der Waals surface area contributed by atoms with Crippen molar-refractivity contribution in [2.24, 2.45) is 5.92 Å². The maximum absolute atomic E-state index is 11.9. The summed E-state index contributed by atoms with van der Waals surface area (Å²) >= 11 is 0. The number of carbonyl (C=O) groups excluding carboxylic acids is 1. The fourth-order valence-electron chi connectivity index (χ4n) is 2.31. The highest BCUT2D eigenvalue weighted by Crippen LogP contribution is 2.26. The minimum absolute atomic E-state index is 0.0690. The Morgan fingerprint density at radius 3 is 2.58 bits per heavy atom. The van der Waals surface area contributed by atoms with Gasteiger partial charge in [0.2, 0.25) is 11.8 Å². The van der Waals surface area contributed by atoms with Crippen LogP contribution >= 0.6 is 0 Å². The number of hydrogen-bond donors (Lipinski definition) is 0. The summed E-state index contributed by atoms with van der Waals surface area (Å²) in [4.78, 5) is 20.3. The molecule has 19 heavy (non-hydrogen) atoms. The van der Waals surface area contributed by atoms with Gasteiger partial charge in [0.05, 0.1) is 12.8 Å². The third-order valence-electron chi connectivity index (χ3n) is 3.37. The number of ether oxygens (including phenoxy) is 1. The van der Waals surface area contributed by atoms with E-state index in [-0.39, 0.29) is 11.8 Å². The van der Waals surface area contributed by atoms with Crippen molar-refractivity contribution in [1.29, 1.82) is 0 Å². The van der Waals surface area contributed by atoms with Gasteiger partial charge in [-0.1, -0.05) is 13.8 Å². The zero-order chi connectivity index (χ0) is 13.8. The molecule has 0 aliphatic carbocycles. The molecule has 5 heteroatoms. The first-order valence-electron chi connectivity index (χ1n) is 6.66. The summed E-state index contributed by atoms with van der Waals surface area (Å²) in [6, 6.07) is 3.91. The van der Waals surface area contributed by atoms with Gasteiger partial charge in [0.15, 0.2) is 0 Å². The number of carbonyl (C=O) groups is 1. The van der Waals surface area contributed by atoms with E-state index in [1.807, 2.05) is 30.9 Å². The Labute approximate surface area is 114 Å². The molecule has 104 valence electrons. The standard InChI is InChI=1S/C14H21N3O2/c1-11(2)14(18)17-9-7-16(8-10-17)12-5-4-6-15-13(12)19-3/h4-6,11H,7-10H2,1-3H3. The highest BCUT2D eigenvalue weighted by molar-refractivity contribution is 5.78. The summed E-state index contributed by atoms with van der Waals surface area (Å²) < 4.78 is 5.28. The molecule has 1 aliphatic rings. The van der Waals surface area contributed by atoms with E-state index in [0.29, 0.717) is 5.88 Å². The first kappa shape index (κ1) is 13.6. The Balaban J connectivity index is 2.02. The van der Waals surface area contributed by atoms with Crippen molar-refractivity contribution in [3.8, 4) is 5.88 Å². The van der Waals surface area contributed by atoms with Crippen molar-refractivity contribution in [2.75, 3.05) is 38.2 Å². The largest absolute Gasteiger partial charge is 0.480 e. The fraction of sp³-hybridized carbons (Fsp3) is 0.571. The number of piperazine rings is 1. The minimum atomic E-state index is 0.0690. The number of rotatable bonds is 3. The van der Waals surface area contributed by atoms with Gasteiger partial charge < -0.3 is 14.5 Å². The Morgan fingerprint density at radius 1 is 1.32 bits per heavy atom. The molecule has 0 aromatic carbocycles. The van der Waals surface area contributed by atoms with Crippen molar-refractivity contribution in [3.63, 3.8) is 0 Å². The quantitative estimate of drug-likeness (QED) is 0.827. The van der Waals surface area contributed by atoms with Gasteiger partial charge in [-0.2, -0.15) is 0 Å². The molecule has 1 saturated heterocycles. The van der Waals surface area contributed by atoms with Crippen LogP contribution in [0, 0.1) is 5.92 Å². The molecule has 1 aromatic rings. The number of amides is 1. The van der Waals surface area contributed by atoms with Crippen LogP contribution in [-0.4, -0.2) is 49.1 Å². The minimum Gasteiger partial charge on any atom is -0.480 e. The first-order valence-corrected chi connectivity index (χ1v) is 6.66. The first-order chi connectivity index (χ1) is 9.13. The lowest BCUT2D eigenvalue weighted by Gasteiger charge is -2.37. The molecular formula is C14H21N3O2. The van der Waals surface area contributed by atoms with E-state index in [0.717, 1.165) is 31.9 Å². The average Bonchev–Trinajstić information content (AvgIpc) is 2.46. The zero-order valence-electron chi connectivity index (χ0n) is 11.8. The maximum atomic E-state index is 11.9. The Kier molecular flexibility index (Phi) is 4.24. The Morgan fingerprint density at radius 2 is 2.00 bits per heavy atom. The van der Waals surface area contributed by atoms with Crippen LogP contribution in [0.25, 0.3) is 0 Å². The molecule has 1 aliphatic heterocycles. The lowest BCUT2D eigenvalue weighted by atomic mass is 10.1. The number of anilines is 1. The predicted molar refractivity (Wildman–Crippen MR) is 74.4 cm³/mol. The lowest BCUT2D eigenvalue weighted by Crippen LogP contribution is -2.50. The van der Waals surface area contributed by atoms with E-state index in [4.69, 9.17) is 4.74 Å². The van der Waals surface area contributed by atoms with Crippen molar-refractivity contribution < 1.29 is 9.53 Å². The van der Waals surface area contributed by atoms with Gasteiger partial charge in [-0.15, -0.1) is 0 Å². The van der Waals surface area contributed by atoms with Crippen LogP contribution in [0.2, 0.25) is 0 Å². The van der Waals surface area contributed by atoms with E-state index in [2.05, 4.69) is 9.88 Å². The number of pyridine rings is 1. The van der Waals surface area contributed by atoms with Crippen molar-refractivity contribution in [2.45, 2.75) is 13.8 Å². The summed E-state index contributed by atoms with van der Waals surface area (Å²) in [5, 5.41) is 0. The summed E-state index contributed by atoms with van der Waals surface area (Å²) in [5.74, 6) is 0.948. The molecule has 1 amide bonds. The van der Waals surface area contributed by atoms with Gasteiger partial charge in [-0.05, 0) is 12.1 Å². The Hall–Kier alpha value is -1.78. The second kappa shape index (κ2) is 5.91. The number of methoxy groups -OCH3 is 1. The summed E-state index contributed by atoms with van der Waals surface area (Å²) in [6.45, 7) is 7.04. The van der Waals surface area contributed by atoms with Gasteiger partial charge in [0, 0.05) is 38.3 Å². The topological polar surface area (TPSA) is 45.7 Å². The molecule has 2 heterocycles. The third-order valence-corrected chi connectivity index (χ3v) is 3.37. The Bertz CT molecular complexity index is 440. The molecule has 0 bridgehead atoms. The molecule has 1 fully saturated rings. The maximum Gasteiger partial charge on any atom is 0.237 e. The molecular weight excluding hydrogens is 242 g/mol. The zero-order valence-corrected chi connectivity index (χ0v) is 11.8. The third kappa shape index (κ3) is 2.97. The fourth-order valence-corrected chi connectivity index (χ4v) is 2.31. The highest BCUT2D eigenvalue weighted by Gasteiger charge is 2.24. The van der Waals surface area contributed by atoms with Crippen LogP contribution in [0.3, 0.4) is 0 Å². The summed E-state index contributed by atoms with van der Waals surface area (Å²) in [7, 11) is 1.63. The van der Waals surface area contributed by atoms with Gasteiger partial charge in [-0.25, -0.2) is 4.98 Å². The van der Waals surface area contributed by atoms with E-state index >= 15 is 0 Å². The summed E-state index contributed by atoms with van der Waals surface area (Å²) in [5.41, 5.74) is 1.00. The summed E-state index contributed by atoms with van der Waals surface area (Å²) in [6.07, 6.45) is 1.72. The molecule has 0 unspecified atom stereocenters. The average molecular weight is 263 g/mol. The lowest BCUT2D eigenvalue weighted by molar-refractivity contribution is -0.134. The molecule has 2 rings (SSSR count). The van der Waals surface area contributed by atoms with Crippen molar-refractivity contribution in [3.05, 3.63) is 18.3 Å². The van der Waals surface area contributed by atoms with Gasteiger partial charge >= 0.3 is 0 Å². The van der Waals surface area contributed by atoms with Gasteiger partial charge in [0.25, 0.3) is 0 Å². The molecule has 5 nitrogen and oxygen atoms in total. The second-order valence-electron chi connectivity index (χ2n) is 5.00. The molecule has 0 spiro atoms. The molecule has 0 saturated carbocycles. The molecule has 1 aromatic heterocycles. The molecule has 0 atom stereocenters. The molecule has 0 radical (unpaired) electrons. The van der Waals surface area contributed by atoms with Gasteiger partial charge in [0.1, 0.15) is 0 Å². The van der Waals surface area contributed by atoms with Crippen LogP contribution < -0.4 is 9.64 Å². The van der Waals surface area contributed by atoms with E-state index in [1.165, 1.54) is 0 Å². The smallest absolute Gasteiger partial charge is 0.237 e. The number of aromatic nitrogens is 1. The van der Waals surface area contributed by atoms with Crippen LogP contribution in [0.5, 0.6) is 5.88 Å². The van der Waals surface area contributed by atoms with Crippen LogP contribution in [0.15, 0.2) is 18.3 Å². The van der Waals surface area contributed by atoms with Gasteiger partial charge in [-0.3, -0.25) is 4.79 Å². The monoisotopic (exact) mass is 263 g/mol. The van der Waals surface area contributed by atoms with E-state index < -0.39 is 0 Å². The van der Waals surface area contributed by atoms with Crippen LogP contribution in [0.4, 0.5) is 5.69 Å². The SMILES string of the molecule is COc1ncccc1N1CCN(C(=O)C(C)C)CC1.